The Morgan fingerprint density at radius 3 is 2.20 bits per heavy atom. The number of halogens is 1. The van der Waals surface area contributed by atoms with Crippen molar-refractivity contribution >= 4 is 16.1 Å². The summed E-state index contributed by atoms with van der Waals surface area (Å²) in [6.07, 6.45) is 4.08. The standard InChI is InChI=1S/C8H12BrN/c1-8(2,3)7-4-5-10(9)6-7/h4-6H,1-3H3. The molecule has 0 unspecified atom stereocenters. The first kappa shape index (κ1) is 7.86. The summed E-state index contributed by atoms with van der Waals surface area (Å²) in [5.74, 6) is 0. The minimum absolute atomic E-state index is 0.263. The number of hydrogen-bond donors (Lipinski definition) is 0. The summed E-state index contributed by atoms with van der Waals surface area (Å²) in [6, 6.07) is 2.12. The van der Waals surface area contributed by atoms with E-state index in [1.807, 2.05) is 9.79 Å². The first-order chi connectivity index (χ1) is 4.50. The van der Waals surface area contributed by atoms with Crippen molar-refractivity contribution in [2.75, 3.05) is 0 Å². The molecule has 0 atom stereocenters. The Hall–Kier alpha value is -0.240. The van der Waals surface area contributed by atoms with Crippen LogP contribution in [0.1, 0.15) is 26.3 Å². The Labute approximate surface area is 70.4 Å². The summed E-state index contributed by atoms with van der Waals surface area (Å²) in [7, 11) is 0. The molecule has 0 bridgehead atoms. The van der Waals surface area contributed by atoms with Crippen molar-refractivity contribution < 1.29 is 0 Å². The Balaban J connectivity index is 2.96. The van der Waals surface area contributed by atoms with Crippen molar-refractivity contribution in [2.45, 2.75) is 26.2 Å². The van der Waals surface area contributed by atoms with Crippen LogP contribution in [0.2, 0.25) is 0 Å². The largest absolute Gasteiger partial charge is 0.291 e. The van der Waals surface area contributed by atoms with Crippen LogP contribution in [0.4, 0.5) is 0 Å². The van der Waals surface area contributed by atoms with Crippen LogP contribution in [0, 0.1) is 0 Å². The van der Waals surface area contributed by atoms with Crippen LogP contribution in [-0.4, -0.2) is 3.59 Å². The molecule has 0 saturated heterocycles. The molecule has 1 heterocycles. The third kappa shape index (κ3) is 1.63. The topological polar surface area (TPSA) is 4.93 Å². The van der Waals surface area contributed by atoms with Crippen molar-refractivity contribution in [1.29, 1.82) is 0 Å². The summed E-state index contributed by atoms with van der Waals surface area (Å²) in [5.41, 5.74) is 1.61. The highest BCUT2D eigenvalue weighted by molar-refractivity contribution is 9.08. The van der Waals surface area contributed by atoms with Gasteiger partial charge in [0.05, 0.1) is 16.1 Å². The van der Waals surface area contributed by atoms with E-state index in [0.29, 0.717) is 0 Å². The fraction of sp³-hybridized carbons (Fsp3) is 0.500. The molecular formula is C8H12BrN. The highest BCUT2D eigenvalue weighted by Crippen LogP contribution is 2.22. The average Bonchev–Trinajstić information content (AvgIpc) is 2.11. The fourth-order valence-corrected chi connectivity index (χ4v) is 1.15. The van der Waals surface area contributed by atoms with Gasteiger partial charge < -0.3 is 0 Å². The van der Waals surface area contributed by atoms with Crippen LogP contribution in [0.15, 0.2) is 18.5 Å². The molecule has 1 aromatic rings. The number of hydrogen-bond acceptors (Lipinski definition) is 0. The van der Waals surface area contributed by atoms with Gasteiger partial charge >= 0.3 is 0 Å². The molecule has 56 valence electrons. The summed E-state index contributed by atoms with van der Waals surface area (Å²) in [6.45, 7) is 6.61. The van der Waals surface area contributed by atoms with E-state index < -0.39 is 0 Å². The minimum atomic E-state index is 0.263. The lowest BCUT2D eigenvalue weighted by molar-refractivity contribution is 0.591. The lowest BCUT2D eigenvalue weighted by Crippen LogP contribution is -2.09. The molecule has 1 nitrogen and oxygen atoms in total. The van der Waals surface area contributed by atoms with Crippen LogP contribution in [0.3, 0.4) is 0 Å². The van der Waals surface area contributed by atoms with Crippen molar-refractivity contribution in [3.63, 3.8) is 0 Å². The van der Waals surface area contributed by atoms with Gasteiger partial charge in [-0.3, -0.25) is 3.59 Å². The maximum absolute atomic E-state index is 3.34. The number of rotatable bonds is 0. The monoisotopic (exact) mass is 201 g/mol. The summed E-state index contributed by atoms with van der Waals surface area (Å²) < 4.78 is 1.90. The molecule has 2 heteroatoms. The highest BCUT2D eigenvalue weighted by Gasteiger charge is 2.13. The first-order valence-electron chi connectivity index (χ1n) is 3.35. The molecule has 0 aliphatic rings. The Morgan fingerprint density at radius 2 is 2.00 bits per heavy atom. The molecule has 0 fully saturated rings. The van der Waals surface area contributed by atoms with Gasteiger partial charge in [0.15, 0.2) is 0 Å². The second-order valence-corrected chi connectivity index (χ2v) is 4.31. The molecule has 0 aliphatic carbocycles. The second-order valence-electron chi connectivity index (χ2n) is 3.49. The third-order valence-electron chi connectivity index (χ3n) is 1.52. The van der Waals surface area contributed by atoms with Gasteiger partial charge in [0.25, 0.3) is 0 Å². The predicted octanol–water partition coefficient (Wildman–Crippen LogP) is 2.94. The zero-order valence-electron chi connectivity index (χ0n) is 6.56. The summed E-state index contributed by atoms with van der Waals surface area (Å²) in [5, 5.41) is 0. The molecule has 0 N–H and O–H groups in total. The third-order valence-corrected chi connectivity index (χ3v) is 1.97. The average molecular weight is 202 g/mol. The Morgan fingerprint density at radius 1 is 1.40 bits per heavy atom. The highest BCUT2D eigenvalue weighted by atomic mass is 79.9. The van der Waals surface area contributed by atoms with Gasteiger partial charge in [0.2, 0.25) is 0 Å². The van der Waals surface area contributed by atoms with Gasteiger partial charge in [0.1, 0.15) is 0 Å². The molecular weight excluding hydrogens is 190 g/mol. The quantitative estimate of drug-likeness (QED) is 0.609. The number of aromatic nitrogens is 1. The Kier molecular flexibility index (Phi) is 1.90. The molecule has 0 amide bonds. The molecule has 1 rings (SSSR count). The zero-order chi connectivity index (χ0) is 7.78. The molecule has 1 aromatic heterocycles. The van der Waals surface area contributed by atoms with Crippen LogP contribution >= 0.6 is 16.1 Å². The van der Waals surface area contributed by atoms with Crippen molar-refractivity contribution in [3.8, 4) is 0 Å². The van der Waals surface area contributed by atoms with Crippen molar-refractivity contribution in [1.82, 2.24) is 3.59 Å². The van der Waals surface area contributed by atoms with Crippen LogP contribution in [0.5, 0.6) is 0 Å². The van der Waals surface area contributed by atoms with Gasteiger partial charge in [-0.2, -0.15) is 0 Å². The molecule has 0 radical (unpaired) electrons. The van der Waals surface area contributed by atoms with Gasteiger partial charge in [-0.1, -0.05) is 20.8 Å². The number of nitrogens with zero attached hydrogens (tertiary/aromatic N) is 1. The van der Waals surface area contributed by atoms with E-state index in [2.05, 4.69) is 49.2 Å². The lowest BCUT2D eigenvalue weighted by Gasteiger charge is -2.15. The minimum Gasteiger partial charge on any atom is -0.291 e. The maximum atomic E-state index is 3.34. The molecule has 0 aromatic carbocycles. The van der Waals surface area contributed by atoms with Gasteiger partial charge in [0, 0.05) is 12.4 Å². The van der Waals surface area contributed by atoms with E-state index >= 15 is 0 Å². The van der Waals surface area contributed by atoms with Gasteiger partial charge in [-0.15, -0.1) is 0 Å². The van der Waals surface area contributed by atoms with Crippen LogP contribution in [-0.2, 0) is 5.41 Å². The van der Waals surface area contributed by atoms with E-state index in [9.17, 15) is 0 Å². The van der Waals surface area contributed by atoms with E-state index in [-0.39, 0.29) is 5.41 Å². The van der Waals surface area contributed by atoms with Crippen LogP contribution in [0.25, 0.3) is 0 Å². The molecule has 10 heavy (non-hydrogen) atoms. The van der Waals surface area contributed by atoms with E-state index in [0.717, 1.165) is 0 Å². The maximum Gasteiger partial charge on any atom is 0.0539 e. The van der Waals surface area contributed by atoms with Crippen molar-refractivity contribution in [2.24, 2.45) is 0 Å². The fourth-order valence-electron chi connectivity index (χ4n) is 0.814. The summed E-state index contributed by atoms with van der Waals surface area (Å²) >= 11 is 3.34. The molecule has 0 spiro atoms. The van der Waals surface area contributed by atoms with Crippen LogP contribution < -0.4 is 0 Å². The second kappa shape index (κ2) is 2.42. The van der Waals surface area contributed by atoms with E-state index in [4.69, 9.17) is 0 Å². The lowest BCUT2D eigenvalue weighted by atomic mass is 9.89. The van der Waals surface area contributed by atoms with Gasteiger partial charge in [-0.05, 0) is 17.0 Å². The SMILES string of the molecule is CC(C)(C)c1ccn(Br)c1. The molecule has 0 saturated carbocycles. The Bertz CT molecular complexity index is 219. The van der Waals surface area contributed by atoms with E-state index in [1.54, 1.807) is 0 Å². The smallest absolute Gasteiger partial charge is 0.0539 e. The predicted molar refractivity (Wildman–Crippen MR) is 47.5 cm³/mol. The molecule has 0 aliphatic heterocycles. The van der Waals surface area contributed by atoms with E-state index in [1.165, 1.54) is 5.56 Å². The normalized spacial score (nSPS) is 12.0. The van der Waals surface area contributed by atoms with Crippen molar-refractivity contribution in [3.05, 3.63) is 24.0 Å². The van der Waals surface area contributed by atoms with Gasteiger partial charge in [-0.25, -0.2) is 0 Å². The first-order valence-corrected chi connectivity index (χ1v) is 4.06. The summed E-state index contributed by atoms with van der Waals surface area (Å²) in [4.78, 5) is 0. The zero-order valence-corrected chi connectivity index (χ0v) is 8.14.